The highest BCUT2D eigenvalue weighted by Gasteiger charge is 2.20. The lowest BCUT2D eigenvalue weighted by Gasteiger charge is -2.26. The number of carbonyl (C=O) groups excluding carboxylic acids is 1. The Kier molecular flexibility index (Phi) is 5.41. The maximum atomic E-state index is 11.7. The first kappa shape index (κ1) is 14.9. The van der Waals surface area contributed by atoms with Crippen LogP contribution in [0, 0.1) is 5.92 Å². The lowest BCUT2D eigenvalue weighted by molar-refractivity contribution is -0.128. The average Bonchev–Trinajstić information content (AvgIpc) is 2.44. The summed E-state index contributed by atoms with van der Waals surface area (Å²) in [7, 11) is 0. The zero-order valence-corrected chi connectivity index (χ0v) is 12.0. The van der Waals surface area contributed by atoms with Crippen molar-refractivity contribution in [3.8, 4) is 5.75 Å². The van der Waals surface area contributed by atoms with E-state index in [2.05, 4.69) is 12.2 Å². The second kappa shape index (κ2) is 7.29. The Hall–Kier alpha value is -1.55. The molecule has 0 heterocycles. The molecule has 0 aliphatic heterocycles. The van der Waals surface area contributed by atoms with Crippen molar-refractivity contribution in [1.82, 2.24) is 5.32 Å². The van der Waals surface area contributed by atoms with Crippen molar-refractivity contribution < 1.29 is 14.6 Å². The van der Waals surface area contributed by atoms with E-state index >= 15 is 0 Å². The van der Waals surface area contributed by atoms with Crippen LogP contribution in [0.1, 0.15) is 38.2 Å². The van der Waals surface area contributed by atoms with Crippen molar-refractivity contribution in [2.45, 2.75) is 45.3 Å². The Morgan fingerprint density at radius 2 is 2.20 bits per heavy atom. The molecular formula is C16H23NO3. The fourth-order valence-corrected chi connectivity index (χ4v) is 2.63. The topological polar surface area (TPSA) is 58.6 Å². The zero-order chi connectivity index (χ0) is 14.4. The number of hydrogen-bond donors (Lipinski definition) is 2. The lowest BCUT2D eigenvalue weighted by atomic mass is 9.89. The largest absolute Gasteiger partial charge is 0.508 e. The van der Waals surface area contributed by atoms with E-state index in [0.29, 0.717) is 18.0 Å². The highest BCUT2D eigenvalue weighted by Crippen LogP contribution is 2.25. The monoisotopic (exact) mass is 277 g/mol. The lowest BCUT2D eigenvalue weighted by Crippen LogP contribution is -2.31. The van der Waals surface area contributed by atoms with E-state index in [4.69, 9.17) is 4.74 Å². The first-order chi connectivity index (χ1) is 9.65. The first-order valence-electron chi connectivity index (χ1n) is 7.30. The fraction of sp³-hybridized carbons (Fsp3) is 0.562. The third-order valence-electron chi connectivity index (χ3n) is 3.81. The van der Waals surface area contributed by atoms with E-state index in [1.165, 1.54) is 12.8 Å². The van der Waals surface area contributed by atoms with Gasteiger partial charge in [-0.15, -0.1) is 0 Å². The number of aromatic hydroxyl groups is 1. The molecule has 0 spiro atoms. The van der Waals surface area contributed by atoms with Gasteiger partial charge < -0.3 is 15.2 Å². The Bertz CT molecular complexity index is 447. The maximum absolute atomic E-state index is 11.7. The smallest absolute Gasteiger partial charge is 0.246 e. The number of hydrogen-bond acceptors (Lipinski definition) is 3. The minimum Gasteiger partial charge on any atom is -0.508 e. The van der Waals surface area contributed by atoms with Crippen LogP contribution in [-0.4, -0.2) is 23.7 Å². The zero-order valence-electron chi connectivity index (χ0n) is 12.0. The van der Waals surface area contributed by atoms with E-state index in [9.17, 15) is 9.90 Å². The number of ether oxygens (including phenoxy) is 1. The van der Waals surface area contributed by atoms with Crippen LogP contribution in [0.15, 0.2) is 24.3 Å². The number of rotatable bonds is 5. The molecule has 0 radical (unpaired) electrons. The Morgan fingerprint density at radius 3 is 2.95 bits per heavy atom. The third kappa shape index (κ3) is 4.53. The molecule has 20 heavy (non-hydrogen) atoms. The van der Waals surface area contributed by atoms with Crippen LogP contribution in [0.2, 0.25) is 0 Å². The van der Waals surface area contributed by atoms with Crippen LogP contribution in [0.25, 0.3) is 0 Å². The molecule has 1 fully saturated rings. The van der Waals surface area contributed by atoms with Gasteiger partial charge in [-0.25, -0.2) is 0 Å². The molecular weight excluding hydrogens is 254 g/mol. The molecule has 4 nitrogen and oxygen atoms in total. The van der Waals surface area contributed by atoms with Crippen molar-refractivity contribution in [2.24, 2.45) is 5.92 Å². The molecule has 1 aromatic rings. The molecule has 1 saturated carbocycles. The average molecular weight is 277 g/mol. The highest BCUT2D eigenvalue weighted by molar-refractivity contribution is 5.77. The molecule has 1 aliphatic rings. The van der Waals surface area contributed by atoms with Crippen molar-refractivity contribution in [3.05, 3.63) is 29.8 Å². The predicted molar refractivity (Wildman–Crippen MR) is 77.3 cm³/mol. The second-order valence-corrected chi connectivity index (χ2v) is 5.61. The standard InChI is InChI=1S/C16H23NO3/c1-12-5-4-7-14(9-12)20-11-16(19)17-10-13-6-2-3-8-15(13)18/h2-3,6,8,12,14,18H,4-5,7,9-11H2,1H3,(H,17,19)/t12-,14+/m1/s1. The molecule has 4 heteroatoms. The van der Waals surface area contributed by atoms with Crippen molar-refractivity contribution in [3.63, 3.8) is 0 Å². The SMILES string of the molecule is C[C@@H]1CCC[C@H](OCC(=O)NCc2ccccc2O)C1. The molecule has 0 saturated heterocycles. The van der Waals surface area contributed by atoms with E-state index in [0.717, 1.165) is 12.8 Å². The van der Waals surface area contributed by atoms with Gasteiger partial charge in [0.05, 0.1) is 6.10 Å². The van der Waals surface area contributed by atoms with Crippen LogP contribution < -0.4 is 5.32 Å². The summed E-state index contributed by atoms with van der Waals surface area (Å²) in [6.45, 7) is 2.66. The van der Waals surface area contributed by atoms with Crippen LogP contribution in [0.5, 0.6) is 5.75 Å². The van der Waals surface area contributed by atoms with Crippen LogP contribution >= 0.6 is 0 Å². The van der Waals surface area contributed by atoms with Crippen LogP contribution in [-0.2, 0) is 16.1 Å². The van der Waals surface area contributed by atoms with Gasteiger partial charge in [0.25, 0.3) is 0 Å². The van der Waals surface area contributed by atoms with Gasteiger partial charge >= 0.3 is 0 Å². The van der Waals surface area contributed by atoms with Gasteiger partial charge in [0.2, 0.25) is 5.91 Å². The number of benzene rings is 1. The molecule has 0 aromatic heterocycles. The number of nitrogens with one attached hydrogen (secondary N) is 1. The van der Waals surface area contributed by atoms with Crippen LogP contribution in [0.3, 0.4) is 0 Å². The Labute approximate surface area is 120 Å². The summed E-state index contributed by atoms with van der Waals surface area (Å²) in [5.41, 5.74) is 0.715. The minimum absolute atomic E-state index is 0.102. The summed E-state index contributed by atoms with van der Waals surface area (Å²) in [5, 5.41) is 12.4. The number of para-hydroxylation sites is 1. The third-order valence-corrected chi connectivity index (χ3v) is 3.81. The van der Waals surface area contributed by atoms with Gasteiger partial charge in [-0.3, -0.25) is 4.79 Å². The molecule has 0 unspecified atom stereocenters. The van der Waals surface area contributed by atoms with Gasteiger partial charge in [0, 0.05) is 12.1 Å². The number of phenols is 1. The van der Waals surface area contributed by atoms with Gasteiger partial charge in [-0.05, 0) is 24.8 Å². The highest BCUT2D eigenvalue weighted by atomic mass is 16.5. The van der Waals surface area contributed by atoms with Crippen molar-refractivity contribution >= 4 is 5.91 Å². The van der Waals surface area contributed by atoms with Gasteiger partial charge in [0.15, 0.2) is 0 Å². The minimum atomic E-state index is -0.133. The summed E-state index contributed by atoms with van der Waals surface area (Å²) in [4.78, 5) is 11.7. The van der Waals surface area contributed by atoms with Crippen molar-refractivity contribution in [1.29, 1.82) is 0 Å². The molecule has 2 N–H and O–H groups in total. The molecule has 0 bridgehead atoms. The van der Waals surface area contributed by atoms with Gasteiger partial charge in [0.1, 0.15) is 12.4 Å². The van der Waals surface area contributed by atoms with Crippen molar-refractivity contribution in [2.75, 3.05) is 6.61 Å². The molecule has 1 aromatic carbocycles. The quantitative estimate of drug-likeness (QED) is 0.869. The fourth-order valence-electron chi connectivity index (χ4n) is 2.63. The maximum Gasteiger partial charge on any atom is 0.246 e. The van der Waals surface area contributed by atoms with E-state index < -0.39 is 0 Å². The summed E-state index contributed by atoms with van der Waals surface area (Å²) < 4.78 is 5.66. The van der Waals surface area contributed by atoms with E-state index in [1.807, 2.05) is 6.07 Å². The molecule has 2 atom stereocenters. The molecule has 1 aliphatic carbocycles. The molecule has 2 rings (SSSR count). The summed E-state index contributed by atoms with van der Waals surface area (Å²) in [6, 6.07) is 7.00. The number of phenolic OH excluding ortho intramolecular Hbond substituents is 1. The normalized spacial score (nSPS) is 22.4. The van der Waals surface area contributed by atoms with Gasteiger partial charge in [-0.2, -0.15) is 0 Å². The Morgan fingerprint density at radius 1 is 1.40 bits per heavy atom. The molecule has 1 amide bonds. The number of amides is 1. The Balaban J connectivity index is 1.69. The second-order valence-electron chi connectivity index (χ2n) is 5.61. The van der Waals surface area contributed by atoms with Gasteiger partial charge in [-0.1, -0.05) is 38.0 Å². The van der Waals surface area contributed by atoms with E-state index in [1.54, 1.807) is 18.2 Å². The summed E-state index contributed by atoms with van der Waals surface area (Å²) in [5.74, 6) is 0.763. The summed E-state index contributed by atoms with van der Waals surface area (Å²) >= 11 is 0. The first-order valence-corrected chi connectivity index (χ1v) is 7.30. The van der Waals surface area contributed by atoms with E-state index in [-0.39, 0.29) is 24.4 Å². The summed E-state index contributed by atoms with van der Waals surface area (Å²) in [6.07, 6.45) is 4.77. The predicted octanol–water partition coefficient (Wildman–Crippen LogP) is 2.60. The molecule has 110 valence electrons. The van der Waals surface area contributed by atoms with Crippen LogP contribution in [0.4, 0.5) is 0 Å². The number of carbonyl (C=O) groups is 1.